The van der Waals surface area contributed by atoms with Crippen molar-refractivity contribution in [2.75, 3.05) is 31.5 Å². The third kappa shape index (κ3) is 6.34. The lowest BCUT2D eigenvalue weighted by Crippen LogP contribution is -2.39. The number of hydrogen-bond donors (Lipinski definition) is 2. The summed E-state index contributed by atoms with van der Waals surface area (Å²) >= 11 is 0. The second kappa shape index (κ2) is 9.98. The lowest BCUT2D eigenvalue weighted by Gasteiger charge is -2.33. The molecule has 25 heavy (non-hydrogen) atoms. The maximum Gasteiger partial charge on any atom is 0.292 e. The number of nitro benzene ring substituents is 1. The average molecular weight is 348 g/mol. The highest BCUT2D eigenvalue weighted by Crippen LogP contribution is 2.22. The summed E-state index contributed by atoms with van der Waals surface area (Å²) in [6.07, 6.45) is 5.11. The molecule has 0 aliphatic carbocycles. The quantitative estimate of drug-likeness (QED) is 0.407. The highest BCUT2D eigenvalue weighted by Gasteiger charge is 2.17. The van der Waals surface area contributed by atoms with E-state index in [1.54, 1.807) is 18.2 Å². The van der Waals surface area contributed by atoms with E-state index < -0.39 is 4.92 Å². The van der Waals surface area contributed by atoms with Crippen molar-refractivity contribution in [3.8, 4) is 0 Å². The summed E-state index contributed by atoms with van der Waals surface area (Å²) in [5.74, 6) is -0.0298. The highest BCUT2D eigenvalue weighted by atomic mass is 16.6. The molecule has 1 fully saturated rings. The van der Waals surface area contributed by atoms with Crippen molar-refractivity contribution in [3.05, 3.63) is 34.4 Å². The first-order valence-corrected chi connectivity index (χ1v) is 9.06. The standard InChI is InChI=1S/C18H28N4O3/c1-15-7-4-5-13-21(15)14-6-11-20-18(23)10-12-19-16-8-2-3-9-17(16)22(24)25/h2-3,8-9,15,19H,4-7,10-14H2,1H3,(H,20,23). The van der Waals surface area contributed by atoms with Crippen LogP contribution >= 0.6 is 0 Å². The molecule has 1 amide bonds. The fourth-order valence-corrected chi connectivity index (χ4v) is 3.18. The summed E-state index contributed by atoms with van der Waals surface area (Å²) < 4.78 is 0. The number of hydrogen-bond acceptors (Lipinski definition) is 5. The smallest absolute Gasteiger partial charge is 0.292 e. The first kappa shape index (κ1) is 19.2. The summed E-state index contributed by atoms with van der Waals surface area (Å²) in [6.45, 7) is 5.50. The largest absolute Gasteiger partial charge is 0.379 e. The van der Waals surface area contributed by atoms with Gasteiger partial charge in [-0.1, -0.05) is 18.6 Å². The molecular weight excluding hydrogens is 320 g/mol. The van der Waals surface area contributed by atoms with Gasteiger partial charge in [-0.25, -0.2) is 0 Å². The van der Waals surface area contributed by atoms with E-state index in [2.05, 4.69) is 22.5 Å². The minimum absolute atomic E-state index is 0.0264. The zero-order chi connectivity index (χ0) is 18.1. The Bertz CT molecular complexity index is 579. The normalized spacial score (nSPS) is 17.9. The Morgan fingerprint density at radius 1 is 1.32 bits per heavy atom. The number of likely N-dealkylation sites (tertiary alicyclic amines) is 1. The lowest BCUT2D eigenvalue weighted by atomic mass is 10.0. The van der Waals surface area contributed by atoms with Crippen molar-refractivity contribution in [2.24, 2.45) is 0 Å². The van der Waals surface area contributed by atoms with Gasteiger partial charge in [0.15, 0.2) is 0 Å². The van der Waals surface area contributed by atoms with Gasteiger partial charge < -0.3 is 15.5 Å². The maximum atomic E-state index is 11.9. The fraction of sp³-hybridized carbons (Fsp3) is 0.611. The van der Waals surface area contributed by atoms with Crippen LogP contribution in [0, 0.1) is 10.1 Å². The maximum absolute atomic E-state index is 11.9. The van der Waals surface area contributed by atoms with Gasteiger partial charge in [-0.3, -0.25) is 14.9 Å². The van der Waals surface area contributed by atoms with Crippen molar-refractivity contribution in [1.29, 1.82) is 0 Å². The van der Waals surface area contributed by atoms with E-state index in [1.807, 2.05) is 0 Å². The lowest BCUT2D eigenvalue weighted by molar-refractivity contribution is -0.384. The van der Waals surface area contributed by atoms with Gasteiger partial charge in [-0.15, -0.1) is 0 Å². The van der Waals surface area contributed by atoms with E-state index in [9.17, 15) is 14.9 Å². The number of nitrogens with one attached hydrogen (secondary N) is 2. The molecule has 1 aliphatic rings. The molecule has 1 atom stereocenters. The molecule has 2 rings (SSSR count). The van der Waals surface area contributed by atoms with Gasteiger partial charge in [0.05, 0.1) is 4.92 Å². The minimum Gasteiger partial charge on any atom is -0.379 e. The average Bonchev–Trinajstić information content (AvgIpc) is 2.60. The molecule has 7 heteroatoms. The van der Waals surface area contributed by atoms with E-state index in [1.165, 1.54) is 25.3 Å². The number of piperidine rings is 1. The molecule has 1 saturated heterocycles. The van der Waals surface area contributed by atoms with Crippen LogP contribution in [-0.4, -0.2) is 48.0 Å². The van der Waals surface area contributed by atoms with Gasteiger partial charge in [0, 0.05) is 38.2 Å². The number of carbonyl (C=O) groups is 1. The molecule has 1 aliphatic heterocycles. The van der Waals surface area contributed by atoms with Crippen molar-refractivity contribution < 1.29 is 9.72 Å². The zero-order valence-electron chi connectivity index (χ0n) is 14.9. The Hall–Kier alpha value is -2.15. The molecule has 138 valence electrons. The van der Waals surface area contributed by atoms with Gasteiger partial charge in [0.2, 0.25) is 5.91 Å². The molecule has 0 aromatic heterocycles. The molecule has 1 heterocycles. The van der Waals surface area contributed by atoms with Crippen LogP contribution in [0.1, 0.15) is 39.0 Å². The Kier molecular flexibility index (Phi) is 7.66. The summed E-state index contributed by atoms with van der Waals surface area (Å²) in [5, 5.41) is 16.8. The van der Waals surface area contributed by atoms with Gasteiger partial charge in [0.25, 0.3) is 5.69 Å². The van der Waals surface area contributed by atoms with Crippen molar-refractivity contribution in [2.45, 2.75) is 45.1 Å². The summed E-state index contributed by atoms with van der Waals surface area (Å²) in [4.78, 5) is 24.9. The van der Waals surface area contributed by atoms with Gasteiger partial charge >= 0.3 is 0 Å². The SMILES string of the molecule is CC1CCCCN1CCCNC(=O)CCNc1ccccc1[N+](=O)[O-]. The summed E-state index contributed by atoms with van der Waals surface area (Å²) in [5.41, 5.74) is 0.470. The molecule has 0 radical (unpaired) electrons. The topological polar surface area (TPSA) is 87.5 Å². The minimum atomic E-state index is -0.427. The molecule has 0 saturated carbocycles. The number of carbonyl (C=O) groups excluding carboxylic acids is 1. The number of para-hydroxylation sites is 2. The number of nitrogens with zero attached hydrogens (tertiary/aromatic N) is 2. The molecule has 1 unspecified atom stereocenters. The van der Waals surface area contributed by atoms with E-state index in [-0.39, 0.29) is 11.6 Å². The van der Waals surface area contributed by atoms with E-state index in [0.717, 1.165) is 19.5 Å². The van der Waals surface area contributed by atoms with Crippen LogP contribution in [0.4, 0.5) is 11.4 Å². The number of amides is 1. The van der Waals surface area contributed by atoms with Crippen LogP contribution in [0.25, 0.3) is 0 Å². The first-order chi connectivity index (χ1) is 12.1. The summed E-state index contributed by atoms with van der Waals surface area (Å²) in [6, 6.07) is 7.10. The molecule has 1 aromatic carbocycles. The Morgan fingerprint density at radius 3 is 2.88 bits per heavy atom. The zero-order valence-corrected chi connectivity index (χ0v) is 14.9. The fourth-order valence-electron chi connectivity index (χ4n) is 3.18. The van der Waals surface area contributed by atoms with Crippen LogP contribution in [0.5, 0.6) is 0 Å². The molecule has 7 nitrogen and oxygen atoms in total. The van der Waals surface area contributed by atoms with Crippen LogP contribution in [0.2, 0.25) is 0 Å². The molecular formula is C18H28N4O3. The second-order valence-electron chi connectivity index (χ2n) is 6.54. The van der Waals surface area contributed by atoms with Crippen LogP contribution in [0.3, 0.4) is 0 Å². The number of anilines is 1. The van der Waals surface area contributed by atoms with E-state index in [4.69, 9.17) is 0 Å². The predicted molar refractivity (Wildman–Crippen MR) is 98.7 cm³/mol. The number of nitro groups is 1. The van der Waals surface area contributed by atoms with Gasteiger partial charge in [-0.2, -0.15) is 0 Å². The third-order valence-corrected chi connectivity index (χ3v) is 4.65. The number of benzene rings is 1. The predicted octanol–water partition coefficient (Wildman–Crippen LogP) is 2.78. The van der Waals surface area contributed by atoms with Gasteiger partial charge in [-0.05, 0) is 38.8 Å². The Labute approximate surface area is 148 Å². The molecule has 0 spiro atoms. The second-order valence-corrected chi connectivity index (χ2v) is 6.54. The van der Waals surface area contributed by atoms with E-state index in [0.29, 0.717) is 31.2 Å². The molecule has 0 bridgehead atoms. The van der Waals surface area contributed by atoms with Crippen molar-refractivity contribution >= 4 is 17.3 Å². The monoisotopic (exact) mass is 348 g/mol. The Morgan fingerprint density at radius 2 is 2.12 bits per heavy atom. The van der Waals surface area contributed by atoms with Crippen molar-refractivity contribution in [3.63, 3.8) is 0 Å². The highest BCUT2D eigenvalue weighted by molar-refractivity contribution is 5.76. The first-order valence-electron chi connectivity index (χ1n) is 9.06. The van der Waals surface area contributed by atoms with Crippen LogP contribution in [-0.2, 0) is 4.79 Å². The summed E-state index contributed by atoms with van der Waals surface area (Å²) in [7, 11) is 0. The van der Waals surface area contributed by atoms with Crippen molar-refractivity contribution in [1.82, 2.24) is 10.2 Å². The van der Waals surface area contributed by atoms with Crippen LogP contribution in [0.15, 0.2) is 24.3 Å². The third-order valence-electron chi connectivity index (χ3n) is 4.65. The number of rotatable bonds is 9. The van der Waals surface area contributed by atoms with Crippen LogP contribution < -0.4 is 10.6 Å². The molecule has 2 N–H and O–H groups in total. The van der Waals surface area contributed by atoms with E-state index >= 15 is 0 Å². The van der Waals surface area contributed by atoms with Gasteiger partial charge in [0.1, 0.15) is 5.69 Å². The Balaban J connectivity index is 1.60. The molecule has 1 aromatic rings.